The van der Waals surface area contributed by atoms with Crippen molar-refractivity contribution in [2.45, 2.75) is 31.7 Å². The second-order valence-electron chi connectivity index (χ2n) is 5.10. The molecule has 1 aromatic rings. The van der Waals surface area contributed by atoms with Gasteiger partial charge in [0.15, 0.2) is 0 Å². The summed E-state index contributed by atoms with van der Waals surface area (Å²) in [6.07, 6.45) is 3.73. The second kappa shape index (κ2) is 4.64. The largest absolute Gasteiger partial charge is 0.334 e. The van der Waals surface area contributed by atoms with Crippen molar-refractivity contribution < 1.29 is 14.0 Å². The van der Waals surface area contributed by atoms with E-state index >= 15 is 0 Å². The minimum atomic E-state index is -0.403. The first-order valence-electron chi connectivity index (χ1n) is 6.57. The summed E-state index contributed by atoms with van der Waals surface area (Å²) in [7, 11) is 0. The monoisotopic (exact) mass is 262 g/mol. The van der Waals surface area contributed by atoms with Crippen LogP contribution in [0.15, 0.2) is 24.3 Å². The second-order valence-corrected chi connectivity index (χ2v) is 5.10. The number of carbonyl (C=O) groups is 2. The lowest BCUT2D eigenvalue weighted by atomic mass is 9.82. The number of carbonyl (C=O) groups excluding carboxylic acids is 2. The Labute approximate surface area is 110 Å². The SMILES string of the molecule is O=C1NC2CCCCC2C(=O)N1c1ccc(F)cc1. The van der Waals surface area contributed by atoms with Crippen LogP contribution in [0.4, 0.5) is 14.9 Å². The average molecular weight is 262 g/mol. The molecule has 1 saturated carbocycles. The van der Waals surface area contributed by atoms with E-state index in [0.717, 1.165) is 30.6 Å². The highest BCUT2D eigenvalue weighted by molar-refractivity contribution is 6.17. The minimum Gasteiger partial charge on any atom is -0.334 e. The summed E-state index contributed by atoms with van der Waals surface area (Å²) in [5.74, 6) is -0.694. The van der Waals surface area contributed by atoms with Crippen LogP contribution in [0.2, 0.25) is 0 Å². The number of amides is 3. The van der Waals surface area contributed by atoms with Crippen LogP contribution in [-0.2, 0) is 4.79 Å². The molecule has 4 nitrogen and oxygen atoms in total. The number of anilines is 1. The number of nitrogens with one attached hydrogen (secondary N) is 1. The number of hydrogen-bond acceptors (Lipinski definition) is 2. The first-order valence-corrected chi connectivity index (χ1v) is 6.57. The molecule has 5 heteroatoms. The molecule has 19 heavy (non-hydrogen) atoms. The van der Waals surface area contributed by atoms with E-state index in [2.05, 4.69) is 5.32 Å². The maximum absolute atomic E-state index is 12.9. The molecule has 0 bridgehead atoms. The minimum absolute atomic E-state index is 0.0366. The molecule has 2 atom stereocenters. The molecule has 0 aromatic heterocycles. The third-order valence-corrected chi connectivity index (χ3v) is 3.90. The first kappa shape index (κ1) is 12.1. The number of urea groups is 1. The summed E-state index contributed by atoms with van der Waals surface area (Å²) in [6.45, 7) is 0. The molecule has 0 radical (unpaired) electrons. The van der Waals surface area contributed by atoms with Crippen LogP contribution in [0, 0.1) is 11.7 Å². The zero-order valence-electron chi connectivity index (χ0n) is 10.4. The summed E-state index contributed by atoms with van der Waals surface area (Å²) in [6, 6.07) is 4.97. The van der Waals surface area contributed by atoms with Crippen molar-refractivity contribution in [3.63, 3.8) is 0 Å². The highest BCUT2D eigenvalue weighted by Crippen LogP contribution is 2.31. The normalized spacial score (nSPS) is 26.9. The summed E-state index contributed by atoms with van der Waals surface area (Å²) in [5.41, 5.74) is 0.424. The molecule has 2 unspecified atom stereocenters. The van der Waals surface area contributed by atoms with Gasteiger partial charge in [0.25, 0.3) is 0 Å². The maximum Gasteiger partial charge on any atom is 0.328 e. The van der Waals surface area contributed by atoms with Crippen LogP contribution in [0.5, 0.6) is 0 Å². The highest BCUT2D eigenvalue weighted by atomic mass is 19.1. The maximum atomic E-state index is 12.9. The van der Waals surface area contributed by atoms with E-state index in [1.165, 1.54) is 24.3 Å². The summed E-state index contributed by atoms with van der Waals surface area (Å²) < 4.78 is 12.9. The molecule has 1 aliphatic carbocycles. The Kier molecular flexibility index (Phi) is 2.97. The molecule has 0 spiro atoms. The predicted octanol–water partition coefficient (Wildman–Crippen LogP) is 2.44. The van der Waals surface area contributed by atoms with Gasteiger partial charge in [-0.2, -0.15) is 0 Å². The highest BCUT2D eigenvalue weighted by Gasteiger charge is 2.42. The Morgan fingerprint density at radius 1 is 1.11 bits per heavy atom. The van der Waals surface area contributed by atoms with Gasteiger partial charge in [0, 0.05) is 6.04 Å². The van der Waals surface area contributed by atoms with Crippen molar-refractivity contribution in [1.29, 1.82) is 0 Å². The Hall–Kier alpha value is -1.91. The molecule has 1 aromatic carbocycles. The molecule has 1 heterocycles. The third kappa shape index (κ3) is 2.09. The summed E-state index contributed by atoms with van der Waals surface area (Å²) in [5, 5.41) is 2.88. The van der Waals surface area contributed by atoms with E-state index in [0.29, 0.717) is 5.69 Å². The Balaban J connectivity index is 1.90. The Morgan fingerprint density at radius 3 is 2.53 bits per heavy atom. The smallest absolute Gasteiger partial charge is 0.328 e. The molecule has 2 aliphatic rings. The lowest BCUT2D eigenvalue weighted by Gasteiger charge is -2.39. The number of nitrogens with zero attached hydrogens (tertiary/aromatic N) is 1. The van der Waals surface area contributed by atoms with Gasteiger partial charge in [-0.25, -0.2) is 14.1 Å². The fourth-order valence-corrected chi connectivity index (χ4v) is 2.92. The Bertz CT molecular complexity index is 515. The van der Waals surface area contributed by atoms with Gasteiger partial charge in [-0.15, -0.1) is 0 Å². The van der Waals surface area contributed by atoms with Crippen molar-refractivity contribution in [3.05, 3.63) is 30.1 Å². The summed E-state index contributed by atoms with van der Waals surface area (Å²) >= 11 is 0. The predicted molar refractivity (Wildman–Crippen MR) is 68.2 cm³/mol. The zero-order valence-corrected chi connectivity index (χ0v) is 10.4. The number of fused-ring (bicyclic) bond motifs is 1. The van der Waals surface area contributed by atoms with Crippen molar-refractivity contribution in [2.75, 3.05) is 4.90 Å². The van der Waals surface area contributed by atoms with Crippen LogP contribution in [-0.4, -0.2) is 18.0 Å². The van der Waals surface area contributed by atoms with Crippen molar-refractivity contribution >= 4 is 17.6 Å². The van der Waals surface area contributed by atoms with E-state index < -0.39 is 6.03 Å². The van der Waals surface area contributed by atoms with Gasteiger partial charge in [0.05, 0.1) is 11.6 Å². The van der Waals surface area contributed by atoms with E-state index in [1.54, 1.807) is 0 Å². The number of hydrogen-bond donors (Lipinski definition) is 1. The van der Waals surface area contributed by atoms with Crippen LogP contribution < -0.4 is 10.2 Å². The van der Waals surface area contributed by atoms with Crippen molar-refractivity contribution in [1.82, 2.24) is 5.32 Å². The van der Waals surface area contributed by atoms with Gasteiger partial charge in [-0.1, -0.05) is 12.8 Å². The van der Waals surface area contributed by atoms with Crippen LogP contribution >= 0.6 is 0 Å². The van der Waals surface area contributed by atoms with Crippen molar-refractivity contribution in [3.8, 4) is 0 Å². The van der Waals surface area contributed by atoms with E-state index in [9.17, 15) is 14.0 Å². The number of imide groups is 1. The van der Waals surface area contributed by atoms with Crippen LogP contribution in [0.25, 0.3) is 0 Å². The molecular weight excluding hydrogens is 247 g/mol. The Morgan fingerprint density at radius 2 is 1.79 bits per heavy atom. The fraction of sp³-hybridized carbons (Fsp3) is 0.429. The third-order valence-electron chi connectivity index (χ3n) is 3.90. The molecule has 2 fully saturated rings. The van der Waals surface area contributed by atoms with E-state index in [4.69, 9.17) is 0 Å². The van der Waals surface area contributed by atoms with E-state index in [1.807, 2.05) is 0 Å². The topological polar surface area (TPSA) is 49.4 Å². The van der Waals surface area contributed by atoms with Crippen LogP contribution in [0.3, 0.4) is 0 Å². The number of benzene rings is 1. The van der Waals surface area contributed by atoms with Gasteiger partial charge >= 0.3 is 6.03 Å². The molecule has 100 valence electrons. The van der Waals surface area contributed by atoms with Gasteiger partial charge in [-0.3, -0.25) is 4.79 Å². The summed E-state index contributed by atoms with van der Waals surface area (Å²) in [4.78, 5) is 25.6. The molecule has 3 amide bonds. The van der Waals surface area contributed by atoms with Gasteiger partial charge in [-0.05, 0) is 37.1 Å². The van der Waals surface area contributed by atoms with Crippen LogP contribution in [0.1, 0.15) is 25.7 Å². The lowest BCUT2D eigenvalue weighted by Crippen LogP contribution is -2.61. The van der Waals surface area contributed by atoms with E-state index in [-0.39, 0.29) is 23.7 Å². The quantitative estimate of drug-likeness (QED) is 0.845. The van der Waals surface area contributed by atoms with Gasteiger partial charge in [0.1, 0.15) is 5.82 Å². The molecule has 1 saturated heterocycles. The zero-order chi connectivity index (χ0) is 13.4. The standard InChI is InChI=1S/C14H15FN2O2/c15-9-5-7-10(8-6-9)17-13(18)11-3-1-2-4-12(11)16-14(17)19/h5-8,11-12H,1-4H2,(H,16,19). The van der Waals surface area contributed by atoms with Gasteiger partial charge < -0.3 is 5.32 Å². The fourth-order valence-electron chi connectivity index (χ4n) is 2.92. The average Bonchev–Trinajstić information content (AvgIpc) is 2.41. The number of rotatable bonds is 1. The van der Waals surface area contributed by atoms with Crippen molar-refractivity contribution in [2.24, 2.45) is 5.92 Å². The number of halogens is 1. The molecule has 3 rings (SSSR count). The van der Waals surface area contributed by atoms with Gasteiger partial charge in [0.2, 0.25) is 5.91 Å². The molecule has 1 N–H and O–H groups in total. The lowest BCUT2D eigenvalue weighted by molar-refractivity contribution is -0.124. The molecular formula is C14H15FN2O2. The molecule has 1 aliphatic heterocycles. The first-order chi connectivity index (χ1) is 9.16.